The van der Waals surface area contributed by atoms with Crippen molar-refractivity contribution < 1.29 is 26.9 Å². The topological polar surface area (TPSA) is 108 Å². The first kappa shape index (κ1) is 18.7. The van der Waals surface area contributed by atoms with Crippen molar-refractivity contribution >= 4 is 15.6 Å². The highest BCUT2D eigenvalue weighted by molar-refractivity contribution is 7.93. The van der Waals surface area contributed by atoms with Crippen LogP contribution < -0.4 is 5.73 Å². The molecule has 1 aromatic rings. The zero-order valence-corrected chi connectivity index (χ0v) is 13.6. The second kappa shape index (κ2) is 6.73. The molecule has 1 aliphatic heterocycles. The van der Waals surface area contributed by atoms with Crippen LogP contribution in [0.25, 0.3) is 0 Å². The summed E-state index contributed by atoms with van der Waals surface area (Å²) in [5.41, 5.74) is 2.26. The van der Waals surface area contributed by atoms with Crippen molar-refractivity contribution in [1.29, 1.82) is 0 Å². The minimum Gasteiger partial charge on any atom is -0.363 e. The molecule has 0 aromatic carbocycles. The Hall–Kier alpha value is -1.59. The van der Waals surface area contributed by atoms with Crippen LogP contribution in [-0.2, 0) is 24.9 Å². The van der Waals surface area contributed by atoms with E-state index in [0.717, 1.165) is 19.5 Å². The van der Waals surface area contributed by atoms with Gasteiger partial charge in [-0.2, -0.15) is 17.5 Å². The van der Waals surface area contributed by atoms with E-state index in [-0.39, 0.29) is 12.2 Å². The number of nitrogens with two attached hydrogens (primary N) is 1. The van der Waals surface area contributed by atoms with Gasteiger partial charge >= 0.3 is 6.18 Å². The Kier molecular flexibility index (Phi) is 5.25. The molecule has 0 spiro atoms. The molecule has 2 heterocycles. The van der Waals surface area contributed by atoms with Crippen LogP contribution in [0.3, 0.4) is 0 Å². The molecule has 2 unspecified atom stereocenters. The molecule has 11 heteroatoms. The van der Waals surface area contributed by atoms with E-state index in [1.165, 1.54) is 6.20 Å². The van der Waals surface area contributed by atoms with E-state index in [4.69, 9.17) is 10.5 Å². The lowest BCUT2D eigenvalue weighted by Crippen LogP contribution is -2.47. The maximum absolute atomic E-state index is 13.7. The fourth-order valence-electron chi connectivity index (χ4n) is 2.41. The number of rotatable bonds is 5. The first-order valence-electron chi connectivity index (χ1n) is 7.04. The standard InChI is InChI=1S/C13H17F3N4O3S/c1-23-12(13(14,15)16,10-8-18-4-5-19-10)3-7-24(22)6-2-9(17)11(21)20-24/h4-5,8-9H,2-3,6-7,17H2,1H3/t9-,12?,24?/m0/s1. The third-order valence-corrected chi connectivity index (χ3v) is 6.11. The lowest BCUT2D eigenvalue weighted by molar-refractivity contribution is -0.279. The molecule has 7 nitrogen and oxygen atoms in total. The van der Waals surface area contributed by atoms with E-state index in [9.17, 15) is 22.2 Å². The van der Waals surface area contributed by atoms with Crippen molar-refractivity contribution in [2.45, 2.75) is 30.7 Å². The molecule has 0 saturated heterocycles. The van der Waals surface area contributed by atoms with Gasteiger partial charge in [-0.3, -0.25) is 14.8 Å². The maximum Gasteiger partial charge on any atom is 0.423 e. The maximum atomic E-state index is 13.7. The minimum absolute atomic E-state index is 0.0297. The molecule has 0 saturated carbocycles. The number of hydrogen-bond donors (Lipinski definition) is 1. The van der Waals surface area contributed by atoms with Gasteiger partial charge in [0.25, 0.3) is 5.91 Å². The lowest BCUT2D eigenvalue weighted by Gasteiger charge is -2.34. The molecule has 2 N–H and O–H groups in total. The average Bonchev–Trinajstić information content (AvgIpc) is 2.52. The SMILES string of the molecule is COC(CCS1(=O)=NC(=O)[C@@H](N)CC1)(c1cnccn1)C(F)(F)F. The number of ether oxygens (including phenoxy) is 1. The van der Waals surface area contributed by atoms with Gasteiger partial charge in [-0.15, -0.1) is 0 Å². The van der Waals surface area contributed by atoms with Crippen LogP contribution in [0, 0.1) is 0 Å². The Labute approximate surface area is 137 Å². The minimum atomic E-state index is -4.82. The predicted molar refractivity (Wildman–Crippen MR) is 79.3 cm³/mol. The van der Waals surface area contributed by atoms with E-state index in [0.29, 0.717) is 0 Å². The van der Waals surface area contributed by atoms with Gasteiger partial charge in [0.2, 0.25) is 5.60 Å². The summed E-state index contributed by atoms with van der Waals surface area (Å²) < 4.78 is 61.9. The highest BCUT2D eigenvalue weighted by Crippen LogP contribution is 2.43. The van der Waals surface area contributed by atoms with E-state index >= 15 is 0 Å². The number of nitrogens with zero attached hydrogens (tertiary/aromatic N) is 3. The number of halogens is 3. The summed E-state index contributed by atoms with van der Waals surface area (Å²) in [5.74, 6) is -1.24. The first-order valence-corrected chi connectivity index (χ1v) is 8.89. The number of methoxy groups -OCH3 is 1. The van der Waals surface area contributed by atoms with Crippen molar-refractivity contribution in [3.05, 3.63) is 24.3 Å². The zero-order chi connectivity index (χ0) is 18.0. The predicted octanol–water partition coefficient (Wildman–Crippen LogP) is 0.996. The Balaban J connectivity index is 2.36. The molecule has 0 bridgehead atoms. The van der Waals surface area contributed by atoms with Gasteiger partial charge in [-0.1, -0.05) is 0 Å². The van der Waals surface area contributed by atoms with E-state index in [2.05, 4.69) is 14.3 Å². The molecule has 1 aliphatic rings. The zero-order valence-electron chi connectivity index (χ0n) is 12.8. The van der Waals surface area contributed by atoms with Crippen LogP contribution in [0.2, 0.25) is 0 Å². The summed E-state index contributed by atoms with van der Waals surface area (Å²) >= 11 is 0. The molecule has 1 amide bonds. The molecule has 134 valence electrons. The van der Waals surface area contributed by atoms with Crippen LogP contribution in [0.1, 0.15) is 18.5 Å². The van der Waals surface area contributed by atoms with Crippen molar-refractivity contribution in [2.24, 2.45) is 10.1 Å². The fourth-order valence-corrected chi connectivity index (χ4v) is 4.49. The van der Waals surface area contributed by atoms with Gasteiger partial charge < -0.3 is 10.5 Å². The molecular formula is C13H17F3N4O3S. The van der Waals surface area contributed by atoms with Crippen molar-refractivity contribution in [3.8, 4) is 0 Å². The van der Waals surface area contributed by atoms with Gasteiger partial charge in [-0.05, 0) is 6.42 Å². The van der Waals surface area contributed by atoms with Crippen LogP contribution in [0.15, 0.2) is 23.0 Å². The Morgan fingerprint density at radius 1 is 1.42 bits per heavy atom. The van der Waals surface area contributed by atoms with Crippen LogP contribution in [0.4, 0.5) is 13.2 Å². The third kappa shape index (κ3) is 3.57. The summed E-state index contributed by atoms with van der Waals surface area (Å²) in [5, 5.41) is 0. The largest absolute Gasteiger partial charge is 0.423 e. The lowest BCUT2D eigenvalue weighted by atomic mass is 9.95. The van der Waals surface area contributed by atoms with Gasteiger partial charge in [0.05, 0.1) is 27.7 Å². The van der Waals surface area contributed by atoms with Crippen LogP contribution in [0.5, 0.6) is 0 Å². The van der Waals surface area contributed by atoms with Crippen molar-refractivity contribution in [2.75, 3.05) is 18.6 Å². The molecule has 0 fully saturated rings. The number of carbonyl (C=O) groups excluding carboxylic acids is 1. The van der Waals surface area contributed by atoms with E-state index < -0.39 is 51.3 Å². The highest BCUT2D eigenvalue weighted by atomic mass is 32.2. The molecule has 2 rings (SSSR count). The second-order valence-corrected chi connectivity index (χ2v) is 7.92. The van der Waals surface area contributed by atoms with Gasteiger partial charge in [0, 0.05) is 37.4 Å². The number of carbonyl (C=O) groups is 1. The summed E-state index contributed by atoms with van der Waals surface area (Å²) in [6.45, 7) is 0. The summed E-state index contributed by atoms with van der Waals surface area (Å²) in [6, 6.07) is -0.852. The monoisotopic (exact) mass is 366 g/mol. The summed E-state index contributed by atoms with van der Waals surface area (Å²) in [4.78, 5) is 18.8. The summed E-state index contributed by atoms with van der Waals surface area (Å²) in [6.07, 6.45) is -2.10. The average molecular weight is 366 g/mol. The molecule has 3 atom stereocenters. The number of aromatic nitrogens is 2. The second-order valence-electron chi connectivity index (χ2n) is 5.38. The summed E-state index contributed by atoms with van der Waals surface area (Å²) in [7, 11) is -2.22. The van der Waals surface area contributed by atoms with Gasteiger partial charge in [0.1, 0.15) is 0 Å². The Morgan fingerprint density at radius 3 is 2.62 bits per heavy atom. The van der Waals surface area contributed by atoms with Gasteiger partial charge in [-0.25, -0.2) is 4.21 Å². The highest BCUT2D eigenvalue weighted by Gasteiger charge is 2.58. The van der Waals surface area contributed by atoms with E-state index in [1.54, 1.807) is 0 Å². The molecular weight excluding hydrogens is 349 g/mol. The fraction of sp³-hybridized carbons (Fsp3) is 0.615. The van der Waals surface area contributed by atoms with Crippen molar-refractivity contribution in [1.82, 2.24) is 9.97 Å². The van der Waals surface area contributed by atoms with Gasteiger partial charge in [0.15, 0.2) is 0 Å². The van der Waals surface area contributed by atoms with Crippen LogP contribution >= 0.6 is 0 Å². The van der Waals surface area contributed by atoms with Crippen molar-refractivity contribution in [3.63, 3.8) is 0 Å². The van der Waals surface area contributed by atoms with Crippen LogP contribution in [-0.4, -0.2) is 50.9 Å². The Morgan fingerprint density at radius 2 is 2.12 bits per heavy atom. The third-order valence-electron chi connectivity index (χ3n) is 3.88. The normalized spacial score (nSPS) is 27.4. The smallest absolute Gasteiger partial charge is 0.363 e. The quantitative estimate of drug-likeness (QED) is 0.833. The first-order chi connectivity index (χ1) is 11.1. The molecule has 1 aromatic heterocycles. The number of hydrogen-bond acceptors (Lipinski definition) is 6. The van der Waals surface area contributed by atoms with E-state index in [1.807, 2.05) is 0 Å². The molecule has 0 radical (unpaired) electrons. The Bertz CT molecular complexity index is 719. The number of alkyl halides is 3. The number of amides is 1. The molecule has 24 heavy (non-hydrogen) atoms. The molecule has 0 aliphatic carbocycles.